The van der Waals surface area contributed by atoms with Crippen LogP contribution in [0, 0.1) is 11.6 Å². The molecule has 2 atom stereocenters. The highest BCUT2D eigenvalue weighted by Crippen LogP contribution is 2.32. The summed E-state index contributed by atoms with van der Waals surface area (Å²) < 4.78 is 28.0. The molecule has 0 aliphatic rings. The first kappa shape index (κ1) is 14.6. The van der Waals surface area contributed by atoms with Crippen LogP contribution in [0.15, 0.2) is 42.6 Å². The zero-order chi connectivity index (χ0) is 14.5. The topological polar surface area (TPSA) is 24.9 Å². The molecule has 0 aliphatic heterocycles. The van der Waals surface area contributed by atoms with Crippen molar-refractivity contribution >= 4 is 0 Å². The van der Waals surface area contributed by atoms with E-state index in [2.05, 4.69) is 10.3 Å². The van der Waals surface area contributed by atoms with Crippen LogP contribution in [0.1, 0.15) is 37.1 Å². The van der Waals surface area contributed by atoms with Gasteiger partial charge in [-0.1, -0.05) is 26.0 Å². The normalized spacial score (nSPS) is 14.0. The summed E-state index contributed by atoms with van der Waals surface area (Å²) in [6.07, 6.45) is 1.69. The van der Waals surface area contributed by atoms with Crippen molar-refractivity contribution < 1.29 is 8.78 Å². The van der Waals surface area contributed by atoms with E-state index in [0.717, 1.165) is 5.69 Å². The number of nitrogens with one attached hydrogen (secondary N) is 1. The van der Waals surface area contributed by atoms with E-state index in [0.29, 0.717) is 6.54 Å². The lowest BCUT2D eigenvalue weighted by atomic mass is 9.90. The maximum Gasteiger partial charge on any atom is 0.130 e. The van der Waals surface area contributed by atoms with Gasteiger partial charge in [0, 0.05) is 29.4 Å². The van der Waals surface area contributed by atoms with Crippen molar-refractivity contribution in [3.8, 4) is 0 Å². The molecular weight excluding hydrogens is 258 g/mol. The monoisotopic (exact) mass is 276 g/mol. The third kappa shape index (κ3) is 3.02. The van der Waals surface area contributed by atoms with Gasteiger partial charge in [-0.15, -0.1) is 0 Å². The fourth-order valence-corrected chi connectivity index (χ4v) is 2.37. The SMILES string of the molecule is CCNC(c1c(F)cccc1F)C(C)c1ccccn1. The Kier molecular flexibility index (Phi) is 4.79. The van der Waals surface area contributed by atoms with Gasteiger partial charge in [0.25, 0.3) is 0 Å². The minimum atomic E-state index is -0.529. The molecule has 0 saturated carbocycles. The molecule has 1 aromatic heterocycles. The van der Waals surface area contributed by atoms with Crippen molar-refractivity contribution in [1.82, 2.24) is 10.3 Å². The second kappa shape index (κ2) is 6.57. The van der Waals surface area contributed by atoms with Gasteiger partial charge in [0.15, 0.2) is 0 Å². The molecule has 1 N–H and O–H groups in total. The molecule has 0 amide bonds. The average molecular weight is 276 g/mol. The number of likely N-dealkylation sites (N-methyl/N-ethyl adjacent to an activating group) is 1. The van der Waals surface area contributed by atoms with Gasteiger partial charge in [-0.05, 0) is 30.8 Å². The minimum absolute atomic E-state index is 0.0764. The Balaban J connectivity index is 2.41. The van der Waals surface area contributed by atoms with Crippen LogP contribution < -0.4 is 5.32 Å². The van der Waals surface area contributed by atoms with Crippen LogP contribution in [0.4, 0.5) is 8.78 Å². The molecule has 0 radical (unpaired) electrons. The van der Waals surface area contributed by atoms with E-state index in [4.69, 9.17) is 0 Å². The summed E-state index contributed by atoms with van der Waals surface area (Å²) in [5.74, 6) is -1.19. The lowest BCUT2D eigenvalue weighted by molar-refractivity contribution is 0.426. The van der Waals surface area contributed by atoms with Gasteiger partial charge in [0.1, 0.15) is 11.6 Å². The van der Waals surface area contributed by atoms with E-state index in [1.54, 1.807) is 6.20 Å². The van der Waals surface area contributed by atoms with Crippen molar-refractivity contribution in [3.63, 3.8) is 0 Å². The van der Waals surface area contributed by atoms with E-state index in [-0.39, 0.29) is 11.5 Å². The lowest BCUT2D eigenvalue weighted by Crippen LogP contribution is -2.28. The molecule has 1 aromatic carbocycles. The number of nitrogens with zero attached hydrogens (tertiary/aromatic N) is 1. The van der Waals surface area contributed by atoms with Crippen molar-refractivity contribution in [1.29, 1.82) is 0 Å². The van der Waals surface area contributed by atoms with E-state index in [9.17, 15) is 8.78 Å². The molecule has 106 valence electrons. The van der Waals surface area contributed by atoms with Crippen molar-refractivity contribution in [2.24, 2.45) is 0 Å². The van der Waals surface area contributed by atoms with Crippen molar-refractivity contribution in [2.75, 3.05) is 6.54 Å². The molecule has 4 heteroatoms. The molecule has 2 aromatic rings. The number of aromatic nitrogens is 1. The Morgan fingerprint density at radius 1 is 1.10 bits per heavy atom. The number of halogens is 2. The second-order valence-corrected chi connectivity index (χ2v) is 4.71. The molecule has 0 spiro atoms. The summed E-state index contributed by atoms with van der Waals surface area (Å²) in [5, 5.41) is 3.16. The van der Waals surface area contributed by atoms with Crippen LogP contribution in [0.25, 0.3) is 0 Å². The number of pyridine rings is 1. The quantitative estimate of drug-likeness (QED) is 0.898. The highest BCUT2D eigenvalue weighted by atomic mass is 19.1. The van der Waals surface area contributed by atoms with E-state index in [1.807, 2.05) is 32.0 Å². The van der Waals surface area contributed by atoms with Crippen molar-refractivity contribution in [2.45, 2.75) is 25.8 Å². The van der Waals surface area contributed by atoms with Gasteiger partial charge in [-0.2, -0.15) is 0 Å². The predicted molar refractivity (Wildman–Crippen MR) is 75.4 cm³/mol. The zero-order valence-corrected chi connectivity index (χ0v) is 11.6. The summed E-state index contributed by atoms with van der Waals surface area (Å²) in [6, 6.07) is 9.07. The molecule has 1 heterocycles. The number of hydrogen-bond donors (Lipinski definition) is 1. The lowest BCUT2D eigenvalue weighted by Gasteiger charge is -2.25. The highest BCUT2D eigenvalue weighted by Gasteiger charge is 2.26. The van der Waals surface area contributed by atoms with E-state index in [1.165, 1.54) is 18.2 Å². The predicted octanol–water partition coefficient (Wildman–Crippen LogP) is 3.81. The van der Waals surface area contributed by atoms with E-state index >= 15 is 0 Å². The van der Waals surface area contributed by atoms with Gasteiger partial charge in [0.2, 0.25) is 0 Å². The third-order valence-corrected chi connectivity index (χ3v) is 3.39. The Labute approximate surface area is 117 Å². The van der Waals surface area contributed by atoms with Gasteiger partial charge in [0.05, 0.1) is 0 Å². The van der Waals surface area contributed by atoms with Gasteiger partial charge in [-0.25, -0.2) is 8.78 Å². The van der Waals surface area contributed by atoms with Crippen molar-refractivity contribution in [3.05, 3.63) is 65.5 Å². The standard InChI is InChI=1S/C16H18F2N2/c1-3-19-16(11(2)14-9-4-5-10-20-14)15-12(17)7-6-8-13(15)18/h4-11,16,19H,3H2,1-2H3. The molecule has 0 fully saturated rings. The molecule has 2 unspecified atom stereocenters. The summed E-state index contributed by atoms with van der Waals surface area (Å²) in [6.45, 7) is 4.45. The summed E-state index contributed by atoms with van der Waals surface area (Å²) >= 11 is 0. The van der Waals surface area contributed by atoms with Crippen LogP contribution in [-0.2, 0) is 0 Å². The molecule has 20 heavy (non-hydrogen) atoms. The Morgan fingerprint density at radius 3 is 2.35 bits per heavy atom. The van der Waals surface area contributed by atoms with Gasteiger partial charge in [-0.3, -0.25) is 4.98 Å². The van der Waals surface area contributed by atoms with Gasteiger partial charge >= 0.3 is 0 Å². The van der Waals surface area contributed by atoms with Crippen LogP contribution in [0.3, 0.4) is 0 Å². The zero-order valence-electron chi connectivity index (χ0n) is 11.6. The first-order valence-electron chi connectivity index (χ1n) is 6.73. The van der Waals surface area contributed by atoms with Crippen LogP contribution in [0.5, 0.6) is 0 Å². The van der Waals surface area contributed by atoms with Crippen LogP contribution in [-0.4, -0.2) is 11.5 Å². The minimum Gasteiger partial charge on any atom is -0.309 e. The summed E-state index contributed by atoms with van der Waals surface area (Å²) in [7, 11) is 0. The fourth-order valence-electron chi connectivity index (χ4n) is 2.37. The van der Waals surface area contributed by atoms with E-state index < -0.39 is 17.7 Å². The first-order chi connectivity index (χ1) is 9.65. The average Bonchev–Trinajstić information content (AvgIpc) is 2.46. The molecule has 2 rings (SSSR count). The summed E-state index contributed by atoms with van der Waals surface area (Å²) in [4.78, 5) is 4.28. The maximum absolute atomic E-state index is 14.0. The largest absolute Gasteiger partial charge is 0.309 e. The third-order valence-electron chi connectivity index (χ3n) is 3.39. The number of benzene rings is 1. The second-order valence-electron chi connectivity index (χ2n) is 4.71. The summed E-state index contributed by atoms with van der Waals surface area (Å²) in [5.41, 5.74) is 0.883. The molecule has 0 bridgehead atoms. The van der Waals surface area contributed by atoms with Gasteiger partial charge < -0.3 is 5.32 Å². The highest BCUT2D eigenvalue weighted by molar-refractivity contribution is 5.27. The maximum atomic E-state index is 14.0. The Morgan fingerprint density at radius 2 is 1.80 bits per heavy atom. The van der Waals surface area contributed by atoms with Crippen LogP contribution >= 0.6 is 0 Å². The molecule has 0 saturated heterocycles. The molecular formula is C16H18F2N2. The number of hydrogen-bond acceptors (Lipinski definition) is 2. The molecule has 2 nitrogen and oxygen atoms in total. The first-order valence-corrected chi connectivity index (χ1v) is 6.73. The van der Waals surface area contributed by atoms with Crippen LogP contribution in [0.2, 0.25) is 0 Å². The smallest absolute Gasteiger partial charge is 0.130 e. The Hall–Kier alpha value is -1.81. The Bertz CT molecular complexity index is 537. The molecule has 0 aliphatic carbocycles. The fraction of sp³-hybridized carbons (Fsp3) is 0.312. The number of rotatable bonds is 5.